The van der Waals surface area contributed by atoms with Crippen LogP contribution in [0.2, 0.25) is 0 Å². The summed E-state index contributed by atoms with van der Waals surface area (Å²) >= 11 is 4.89. The molecule has 0 radical (unpaired) electrons. The van der Waals surface area contributed by atoms with Gasteiger partial charge in [-0.1, -0.05) is 59.5 Å². The zero-order valence-electron chi connectivity index (χ0n) is 28.3. The van der Waals surface area contributed by atoms with Crippen molar-refractivity contribution in [1.82, 2.24) is 20.1 Å². The number of likely N-dealkylation sites (N-methyl/N-ethyl adjacent to an activating group) is 1. The molecule has 1 aromatic heterocycles. The first-order chi connectivity index (χ1) is 23.8. The van der Waals surface area contributed by atoms with E-state index in [1.54, 1.807) is 18.3 Å². The number of hydrogen-bond donors (Lipinski definition) is 2. The van der Waals surface area contributed by atoms with Gasteiger partial charge >= 0.3 is 6.09 Å². The Labute approximate surface area is 300 Å². The number of nitrogens with zero attached hydrogens (tertiary/aromatic N) is 3. The molecule has 11 nitrogen and oxygen atoms in total. The number of benzene rings is 2. The smallest absolute Gasteiger partial charge is 0.407 e. The Morgan fingerprint density at radius 1 is 1.00 bits per heavy atom. The number of ether oxygens (including phenoxy) is 3. The maximum Gasteiger partial charge on any atom is 0.407 e. The van der Waals surface area contributed by atoms with Crippen molar-refractivity contribution >= 4 is 55.9 Å². The lowest BCUT2D eigenvalue weighted by Gasteiger charge is -2.35. The van der Waals surface area contributed by atoms with Crippen molar-refractivity contribution < 1.29 is 33.7 Å². The van der Waals surface area contributed by atoms with E-state index in [0.29, 0.717) is 39.6 Å². The van der Waals surface area contributed by atoms with Gasteiger partial charge in [0.2, 0.25) is 11.8 Å². The van der Waals surface area contributed by atoms with E-state index < -0.39 is 24.1 Å². The Morgan fingerprint density at radius 3 is 2.45 bits per heavy atom. The summed E-state index contributed by atoms with van der Waals surface area (Å²) < 4.78 is 17.2. The van der Waals surface area contributed by atoms with E-state index in [-0.39, 0.29) is 17.9 Å². The number of fused-ring (bicyclic) bond motifs is 1. The van der Waals surface area contributed by atoms with Crippen LogP contribution in [0.5, 0.6) is 5.75 Å². The number of alkyl halides is 1. The molecule has 13 heteroatoms. The Hall–Kier alpha value is -3.26. The fraction of sp³-hybridized carbons (Fsp3) is 0.556. The minimum Gasteiger partial charge on any atom is -0.491 e. The normalized spacial score (nSPS) is 17.9. The van der Waals surface area contributed by atoms with Crippen LogP contribution in [0.4, 0.5) is 4.79 Å². The summed E-state index contributed by atoms with van der Waals surface area (Å²) in [5.41, 5.74) is 1.84. The summed E-state index contributed by atoms with van der Waals surface area (Å²) in [7, 11) is 1.37. The average molecular weight is 760 g/mol. The molecule has 1 aliphatic carbocycles. The lowest BCUT2D eigenvalue weighted by Crippen LogP contribution is -2.56. The molecule has 1 aliphatic heterocycles. The van der Waals surface area contributed by atoms with Crippen molar-refractivity contribution in [2.24, 2.45) is 5.92 Å². The molecule has 2 fully saturated rings. The van der Waals surface area contributed by atoms with Crippen LogP contribution in [0.15, 0.2) is 41.8 Å². The molecule has 3 atom stereocenters. The van der Waals surface area contributed by atoms with E-state index in [4.69, 9.17) is 19.2 Å². The van der Waals surface area contributed by atoms with Gasteiger partial charge in [0.25, 0.3) is 0 Å². The van der Waals surface area contributed by atoms with Gasteiger partial charge in [0.1, 0.15) is 29.4 Å². The molecule has 266 valence electrons. The van der Waals surface area contributed by atoms with Gasteiger partial charge in [-0.3, -0.25) is 14.5 Å². The molecule has 2 aliphatic rings. The predicted molar refractivity (Wildman–Crippen MR) is 193 cm³/mol. The number of amides is 3. The van der Waals surface area contributed by atoms with Gasteiger partial charge in [0.05, 0.1) is 38.2 Å². The molecule has 0 spiro atoms. The minimum absolute atomic E-state index is 0.0115. The van der Waals surface area contributed by atoms with E-state index >= 15 is 0 Å². The summed E-state index contributed by atoms with van der Waals surface area (Å²) in [5, 5.41) is 18.1. The number of nitrogens with one attached hydrogen (secondary N) is 1. The van der Waals surface area contributed by atoms with E-state index in [2.05, 4.69) is 27.3 Å². The second kappa shape index (κ2) is 18.1. The summed E-state index contributed by atoms with van der Waals surface area (Å²) in [6.45, 7) is 4.75. The number of thiazole rings is 1. The standard InChI is InChI=1S/C36H47BrN4O7S/c1-24(40(2)36(44)45)33(42)39-32(25-9-4-3-5-10-25)35(43)41-17-8-13-30(41)34-38-29(23-49-34)27-14-15-31(28-12-7-6-11-26(27)28)48-22-21-47-20-19-46-18-16-37/h6-7,11-12,14-15,23-25,30,32H,3-5,8-10,13,16-22H2,1-2H3,(H,39,42)(H,44,45)/t24-,30-,32-/m0/s1. The van der Waals surface area contributed by atoms with E-state index in [1.807, 2.05) is 40.6 Å². The van der Waals surface area contributed by atoms with Crippen molar-refractivity contribution in [3.63, 3.8) is 0 Å². The number of hydrogen-bond acceptors (Lipinski definition) is 8. The minimum atomic E-state index is -1.19. The van der Waals surface area contributed by atoms with E-state index in [9.17, 15) is 19.5 Å². The Balaban J connectivity index is 1.30. The number of rotatable bonds is 16. The second-order valence-corrected chi connectivity index (χ2v) is 14.3. The van der Waals surface area contributed by atoms with Crippen LogP contribution in [0.25, 0.3) is 22.0 Å². The Morgan fingerprint density at radius 2 is 1.71 bits per heavy atom. The highest BCUT2D eigenvalue weighted by molar-refractivity contribution is 9.09. The van der Waals surface area contributed by atoms with Crippen molar-refractivity contribution in [3.05, 3.63) is 46.8 Å². The molecule has 5 rings (SSSR count). The third-order valence-corrected chi connectivity index (χ3v) is 10.8. The first kappa shape index (κ1) is 37.0. The van der Waals surface area contributed by atoms with E-state index in [0.717, 1.165) is 88.0 Å². The molecule has 0 bridgehead atoms. The van der Waals surface area contributed by atoms with Gasteiger partial charge in [-0.05, 0) is 56.0 Å². The molecule has 3 aromatic rings. The molecular weight excluding hydrogens is 712 g/mol. The van der Waals surface area contributed by atoms with Gasteiger partial charge in [-0.2, -0.15) is 0 Å². The van der Waals surface area contributed by atoms with Crippen LogP contribution >= 0.6 is 27.3 Å². The molecule has 2 N–H and O–H groups in total. The Bertz CT molecular complexity index is 1570. The first-order valence-electron chi connectivity index (χ1n) is 17.2. The maximum atomic E-state index is 14.3. The number of carboxylic acid groups (broad SMARTS) is 1. The fourth-order valence-corrected chi connectivity index (χ4v) is 7.90. The topological polar surface area (TPSA) is 131 Å². The number of halogens is 1. The molecule has 49 heavy (non-hydrogen) atoms. The number of likely N-dealkylation sites (tertiary alicyclic amines) is 1. The van der Waals surface area contributed by atoms with E-state index in [1.165, 1.54) is 7.05 Å². The Kier molecular flexibility index (Phi) is 13.7. The fourth-order valence-electron chi connectivity index (χ4n) is 6.70. The van der Waals surface area contributed by atoms with Gasteiger partial charge in [0.15, 0.2) is 0 Å². The van der Waals surface area contributed by atoms with Crippen molar-refractivity contribution in [1.29, 1.82) is 0 Å². The summed E-state index contributed by atoms with van der Waals surface area (Å²) in [6.07, 6.45) is 5.28. The van der Waals surface area contributed by atoms with Crippen LogP contribution in [0.3, 0.4) is 0 Å². The third-order valence-electron chi connectivity index (χ3n) is 9.53. The largest absolute Gasteiger partial charge is 0.491 e. The zero-order valence-corrected chi connectivity index (χ0v) is 30.7. The average Bonchev–Trinajstić information content (AvgIpc) is 3.81. The van der Waals surface area contributed by atoms with Crippen LogP contribution in [0.1, 0.15) is 62.9 Å². The van der Waals surface area contributed by atoms with Crippen LogP contribution in [-0.4, -0.2) is 102 Å². The zero-order chi connectivity index (χ0) is 34.8. The van der Waals surface area contributed by atoms with Crippen molar-refractivity contribution in [2.75, 3.05) is 52.0 Å². The summed E-state index contributed by atoms with van der Waals surface area (Å²) in [6, 6.07) is 10.3. The molecule has 1 saturated carbocycles. The van der Waals surface area contributed by atoms with Crippen LogP contribution in [0, 0.1) is 5.92 Å². The number of aromatic nitrogens is 1. The number of carbonyl (C=O) groups is 3. The SMILES string of the molecule is C[C@@H](C(=O)N[C@H](C(=O)N1CCC[C@H]1c1nc(-c2ccc(OCCOCCOCCBr)c3ccccc23)cs1)C1CCCCC1)N(C)C(=O)O. The molecular formula is C36H47BrN4O7S. The lowest BCUT2D eigenvalue weighted by atomic mass is 9.83. The third kappa shape index (κ3) is 9.30. The molecule has 3 amide bonds. The van der Waals surface area contributed by atoms with Crippen molar-refractivity contribution in [3.8, 4) is 17.0 Å². The van der Waals surface area contributed by atoms with Gasteiger partial charge in [-0.15, -0.1) is 11.3 Å². The van der Waals surface area contributed by atoms with Crippen molar-refractivity contribution in [2.45, 2.75) is 70.0 Å². The first-order valence-corrected chi connectivity index (χ1v) is 19.2. The van der Waals surface area contributed by atoms with Crippen LogP contribution in [-0.2, 0) is 19.1 Å². The molecule has 1 saturated heterocycles. The number of carbonyl (C=O) groups excluding carboxylic acids is 2. The van der Waals surface area contributed by atoms with Gasteiger partial charge < -0.3 is 29.5 Å². The quantitative estimate of drug-likeness (QED) is 0.125. The summed E-state index contributed by atoms with van der Waals surface area (Å²) in [5.74, 6) is 0.231. The van der Waals surface area contributed by atoms with Gasteiger partial charge in [0, 0.05) is 35.3 Å². The highest BCUT2D eigenvalue weighted by atomic mass is 79.9. The molecule has 0 unspecified atom stereocenters. The van der Waals surface area contributed by atoms with Gasteiger partial charge in [-0.25, -0.2) is 9.78 Å². The van der Waals surface area contributed by atoms with Crippen LogP contribution < -0.4 is 10.1 Å². The molecule has 2 heterocycles. The maximum absolute atomic E-state index is 14.3. The lowest BCUT2D eigenvalue weighted by molar-refractivity contribution is -0.140. The second-order valence-electron chi connectivity index (χ2n) is 12.6. The highest BCUT2D eigenvalue weighted by Crippen LogP contribution is 2.40. The highest BCUT2D eigenvalue weighted by Gasteiger charge is 2.40. The summed E-state index contributed by atoms with van der Waals surface area (Å²) in [4.78, 5) is 47.0. The predicted octanol–water partition coefficient (Wildman–Crippen LogP) is 6.50. The molecule has 2 aromatic carbocycles. The monoisotopic (exact) mass is 758 g/mol.